The molecule has 0 unspecified atom stereocenters. The molecule has 1 aromatic heterocycles. The second-order valence-corrected chi connectivity index (χ2v) is 9.98. The van der Waals surface area contributed by atoms with E-state index in [-0.39, 0.29) is 24.3 Å². The summed E-state index contributed by atoms with van der Waals surface area (Å²) in [5.41, 5.74) is 0.624. The van der Waals surface area contributed by atoms with Gasteiger partial charge in [-0.15, -0.1) is 11.3 Å². The van der Waals surface area contributed by atoms with Gasteiger partial charge in [0.15, 0.2) is 6.61 Å². The minimum absolute atomic E-state index is 0.0630. The van der Waals surface area contributed by atoms with E-state index in [4.69, 9.17) is 4.74 Å². The number of hydrogen-bond acceptors (Lipinski definition) is 6. The van der Waals surface area contributed by atoms with E-state index in [0.29, 0.717) is 48.1 Å². The molecule has 1 saturated heterocycles. The van der Waals surface area contributed by atoms with E-state index >= 15 is 0 Å². The molecule has 0 bridgehead atoms. The van der Waals surface area contributed by atoms with Crippen molar-refractivity contribution in [3.63, 3.8) is 0 Å². The van der Waals surface area contributed by atoms with E-state index in [0.717, 1.165) is 0 Å². The first-order chi connectivity index (χ1) is 14.4. The summed E-state index contributed by atoms with van der Waals surface area (Å²) in [7, 11) is -3.47. The van der Waals surface area contributed by atoms with Crippen LogP contribution in [0.5, 0.6) is 5.75 Å². The average Bonchev–Trinajstić information content (AvgIpc) is 3.29. The minimum atomic E-state index is -3.47. The van der Waals surface area contributed by atoms with Crippen molar-refractivity contribution >= 4 is 38.9 Å². The molecule has 162 valence electrons. The number of anilines is 1. The quantitative estimate of drug-likeness (QED) is 0.641. The molecular formula is C20H25N3O5S2. The zero-order valence-corrected chi connectivity index (χ0v) is 18.3. The molecule has 3 rings (SSSR count). The summed E-state index contributed by atoms with van der Waals surface area (Å²) in [4.78, 5) is 24.0. The molecule has 0 saturated carbocycles. The van der Waals surface area contributed by atoms with Gasteiger partial charge >= 0.3 is 0 Å². The predicted molar refractivity (Wildman–Crippen MR) is 115 cm³/mol. The third kappa shape index (κ3) is 5.59. The monoisotopic (exact) mass is 451 g/mol. The van der Waals surface area contributed by atoms with Gasteiger partial charge in [0.2, 0.25) is 5.91 Å². The van der Waals surface area contributed by atoms with Gasteiger partial charge in [-0.1, -0.05) is 6.07 Å². The van der Waals surface area contributed by atoms with Crippen LogP contribution < -0.4 is 15.4 Å². The number of carbonyl (C=O) groups is 2. The highest BCUT2D eigenvalue weighted by Gasteiger charge is 2.32. The van der Waals surface area contributed by atoms with Crippen molar-refractivity contribution in [1.29, 1.82) is 0 Å². The van der Waals surface area contributed by atoms with Gasteiger partial charge in [-0.25, -0.2) is 8.42 Å². The van der Waals surface area contributed by atoms with Crippen LogP contribution in [0.4, 0.5) is 5.69 Å². The van der Waals surface area contributed by atoms with Crippen LogP contribution in [0.15, 0.2) is 46.0 Å². The topological polar surface area (TPSA) is 105 Å². The molecule has 2 heterocycles. The molecule has 2 amide bonds. The normalized spacial score (nSPS) is 15.5. The maximum absolute atomic E-state index is 12.6. The van der Waals surface area contributed by atoms with Gasteiger partial charge in [0.1, 0.15) is 9.96 Å². The van der Waals surface area contributed by atoms with Crippen molar-refractivity contribution in [2.75, 3.05) is 31.6 Å². The maximum atomic E-state index is 12.6. The van der Waals surface area contributed by atoms with Crippen molar-refractivity contribution in [2.24, 2.45) is 5.92 Å². The first-order valence-electron chi connectivity index (χ1n) is 9.74. The van der Waals surface area contributed by atoms with E-state index in [2.05, 4.69) is 10.6 Å². The number of carbonyl (C=O) groups excluding carboxylic acids is 2. The Morgan fingerprint density at radius 1 is 1.17 bits per heavy atom. The third-order valence-electron chi connectivity index (χ3n) is 4.78. The van der Waals surface area contributed by atoms with Crippen LogP contribution in [0.1, 0.15) is 19.8 Å². The summed E-state index contributed by atoms with van der Waals surface area (Å²) in [6, 6.07) is 10.1. The molecule has 30 heavy (non-hydrogen) atoms. The number of thiophene rings is 1. The minimum Gasteiger partial charge on any atom is -0.484 e. The van der Waals surface area contributed by atoms with Crippen LogP contribution in [0.2, 0.25) is 0 Å². The van der Waals surface area contributed by atoms with E-state index in [1.807, 2.05) is 6.92 Å². The Bertz CT molecular complexity index is 951. The van der Waals surface area contributed by atoms with Crippen LogP contribution >= 0.6 is 11.3 Å². The fraction of sp³-hybridized carbons (Fsp3) is 0.400. The Hall–Kier alpha value is -2.43. The van der Waals surface area contributed by atoms with Gasteiger partial charge in [0, 0.05) is 31.2 Å². The molecule has 1 aliphatic heterocycles. The second kappa shape index (κ2) is 10.1. The number of amides is 2. The molecule has 10 heteroatoms. The van der Waals surface area contributed by atoms with Gasteiger partial charge in [0.25, 0.3) is 15.9 Å². The number of hydrogen-bond donors (Lipinski definition) is 2. The molecule has 8 nitrogen and oxygen atoms in total. The van der Waals surface area contributed by atoms with Crippen molar-refractivity contribution < 1.29 is 22.7 Å². The van der Waals surface area contributed by atoms with Gasteiger partial charge < -0.3 is 15.4 Å². The molecular weight excluding hydrogens is 426 g/mol. The summed E-state index contributed by atoms with van der Waals surface area (Å²) in [6.07, 6.45) is 0.953. The molecule has 0 spiro atoms. The van der Waals surface area contributed by atoms with Crippen LogP contribution in [-0.2, 0) is 19.6 Å². The summed E-state index contributed by atoms with van der Waals surface area (Å²) < 4.78 is 32.3. The highest BCUT2D eigenvalue weighted by atomic mass is 32.2. The smallest absolute Gasteiger partial charge is 0.257 e. The molecule has 0 atom stereocenters. The van der Waals surface area contributed by atoms with Gasteiger partial charge in [-0.3, -0.25) is 9.59 Å². The number of rotatable bonds is 8. The number of piperidine rings is 1. The van der Waals surface area contributed by atoms with Gasteiger partial charge in [-0.2, -0.15) is 4.31 Å². The molecule has 0 aliphatic carbocycles. The van der Waals surface area contributed by atoms with E-state index in [9.17, 15) is 18.0 Å². The third-order valence-corrected chi connectivity index (χ3v) is 8.05. The lowest BCUT2D eigenvalue weighted by molar-refractivity contribution is -0.123. The first kappa shape index (κ1) is 22.3. The highest BCUT2D eigenvalue weighted by Crippen LogP contribution is 2.27. The fourth-order valence-corrected chi connectivity index (χ4v) is 5.79. The van der Waals surface area contributed by atoms with Crippen molar-refractivity contribution in [1.82, 2.24) is 9.62 Å². The van der Waals surface area contributed by atoms with Crippen molar-refractivity contribution in [3.05, 3.63) is 41.8 Å². The number of nitrogens with zero attached hydrogens (tertiary/aromatic N) is 1. The number of nitrogens with one attached hydrogen (secondary N) is 2. The average molecular weight is 452 g/mol. The van der Waals surface area contributed by atoms with Crippen LogP contribution in [0, 0.1) is 5.92 Å². The van der Waals surface area contributed by atoms with Crippen LogP contribution in [0.25, 0.3) is 0 Å². The van der Waals surface area contributed by atoms with E-state index < -0.39 is 10.0 Å². The van der Waals surface area contributed by atoms with Crippen molar-refractivity contribution in [2.45, 2.75) is 24.0 Å². The predicted octanol–water partition coefficient (Wildman–Crippen LogP) is 2.30. The standard InChI is InChI=1S/C20H25N3O5S2/c1-2-21-18(24)14-28-17-7-5-16(6-8-17)22-20(25)15-9-11-23(12-10-15)30(26,27)19-4-3-13-29-19/h3-8,13,15H,2,9-12,14H2,1H3,(H,21,24)(H,22,25). The molecule has 1 fully saturated rings. The zero-order chi connectivity index (χ0) is 21.6. The Kier molecular flexibility index (Phi) is 7.46. The zero-order valence-electron chi connectivity index (χ0n) is 16.7. The molecule has 2 N–H and O–H groups in total. The summed E-state index contributed by atoms with van der Waals surface area (Å²) in [6.45, 7) is 2.97. The largest absolute Gasteiger partial charge is 0.484 e. The van der Waals surface area contributed by atoms with Crippen LogP contribution in [-0.4, -0.2) is 50.8 Å². The molecule has 1 aromatic carbocycles. The summed E-state index contributed by atoms with van der Waals surface area (Å²) in [5, 5.41) is 7.25. The SMILES string of the molecule is CCNC(=O)COc1ccc(NC(=O)C2CCN(S(=O)(=O)c3cccs3)CC2)cc1. The summed E-state index contributed by atoms with van der Waals surface area (Å²) >= 11 is 1.20. The van der Waals surface area contributed by atoms with Gasteiger partial charge in [-0.05, 0) is 55.5 Å². The van der Waals surface area contributed by atoms with Crippen LogP contribution in [0.3, 0.4) is 0 Å². The lowest BCUT2D eigenvalue weighted by atomic mass is 9.97. The molecule has 1 aliphatic rings. The number of ether oxygens (including phenoxy) is 1. The first-order valence-corrected chi connectivity index (χ1v) is 12.1. The molecule has 0 radical (unpaired) electrons. The van der Waals surface area contributed by atoms with E-state index in [1.54, 1.807) is 41.8 Å². The number of benzene rings is 1. The van der Waals surface area contributed by atoms with E-state index in [1.165, 1.54) is 15.6 Å². The number of likely N-dealkylation sites (N-methyl/N-ethyl adjacent to an activating group) is 1. The van der Waals surface area contributed by atoms with Gasteiger partial charge in [0.05, 0.1) is 0 Å². The number of sulfonamides is 1. The fourth-order valence-electron chi connectivity index (χ4n) is 3.17. The highest BCUT2D eigenvalue weighted by molar-refractivity contribution is 7.91. The lowest BCUT2D eigenvalue weighted by Crippen LogP contribution is -2.41. The Balaban J connectivity index is 1.48. The maximum Gasteiger partial charge on any atom is 0.257 e. The van der Waals surface area contributed by atoms with Crippen molar-refractivity contribution in [3.8, 4) is 5.75 Å². The Morgan fingerprint density at radius 2 is 1.87 bits per heavy atom. The Labute approximate surface area is 180 Å². The molecule has 2 aromatic rings. The Morgan fingerprint density at radius 3 is 2.47 bits per heavy atom. The lowest BCUT2D eigenvalue weighted by Gasteiger charge is -2.30. The second-order valence-electron chi connectivity index (χ2n) is 6.87. The summed E-state index contributed by atoms with van der Waals surface area (Å²) in [5.74, 6) is -0.0266.